The van der Waals surface area contributed by atoms with Crippen LogP contribution in [0.2, 0.25) is 70.5 Å². The molecular formula is C24H55NO3Si4. The number of amides is 1. The first-order chi connectivity index (χ1) is 14.5. The zero-order valence-electron chi connectivity index (χ0n) is 23.4. The first kappa shape index (κ1) is 32.0. The van der Waals surface area contributed by atoms with Gasteiger partial charge in [0.05, 0.1) is 0 Å². The van der Waals surface area contributed by atoms with Crippen LogP contribution in [0.1, 0.15) is 52.9 Å². The minimum atomic E-state index is -2.08. The number of nitrogens with zero attached hydrogens (tertiary/aromatic N) is 1. The zero-order valence-corrected chi connectivity index (χ0v) is 27.4. The molecule has 0 fully saturated rings. The third kappa shape index (κ3) is 12.5. The van der Waals surface area contributed by atoms with Crippen molar-refractivity contribution in [3.63, 3.8) is 0 Å². The average Bonchev–Trinajstić information content (AvgIpc) is 2.65. The van der Waals surface area contributed by atoms with E-state index >= 15 is 0 Å². The van der Waals surface area contributed by atoms with Crippen molar-refractivity contribution in [3.05, 3.63) is 12.7 Å². The highest BCUT2D eigenvalue weighted by Crippen LogP contribution is 2.27. The minimum absolute atomic E-state index is 0.0350. The Morgan fingerprint density at radius 2 is 1.22 bits per heavy atom. The Bertz CT molecular complexity index is 580. The van der Waals surface area contributed by atoms with E-state index in [4.69, 9.17) is 8.23 Å². The van der Waals surface area contributed by atoms with Crippen molar-refractivity contribution in [2.45, 2.75) is 129 Å². The van der Waals surface area contributed by atoms with E-state index in [0.29, 0.717) is 0 Å². The second-order valence-corrected chi connectivity index (χ2v) is 29.5. The van der Waals surface area contributed by atoms with E-state index in [9.17, 15) is 4.79 Å². The van der Waals surface area contributed by atoms with Crippen LogP contribution in [0.3, 0.4) is 0 Å². The third-order valence-corrected chi connectivity index (χ3v) is 22.2. The molecular weight excluding hydrogens is 463 g/mol. The van der Waals surface area contributed by atoms with Gasteiger partial charge in [0.25, 0.3) is 0 Å². The van der Waals surface area contributed by atoms with E-state index in [0.717, 1.165) is 19.0 Å². The van der Waals surface area contributed by atoms with Gasteiger partial charge in [-0.3, -0.25) is 4.79 Å². The van der Waals surface area contributed by atoms with Gasteiger partial charge < -0.3 is 13.1 Å². The van der Waals surface area contributed by atoms with E-state index in [1.54, 1.807) is 0 Å². The maximum absolute atomic E-state index is 12.8. The van der Waals surface area contributed by atoms with Crippen molar-refractivity contribution < 1.29 is 13.0 Å². The van der Waals surface area contributed by atoms with E-state index < -0.39 is 33.3 Å². The fraction of sp³-hybridized carbons (Fsp3) is 0.875. The normalized spacial score (nSPS) is 14.3. The summed E-state index contributed by atoms with van der Waals surface area (Å²) < 4.78 is 13.6. The zero-order chi connectivity index (χ0) is 25.2. The maximum atomic E-state index is 12.8. The second kappa shape index (κ2) is 13.8. The summed E-state index contributed by atoms with van der Waals surface area (Å²) in [5.74, 6) is 0.0350. The average molecular weight is 518 g/mol. The largest absolute Gasteiger partial charge is 0.455 e. The van der Waals surface area contributed by atoms with Crippen molar-refractivity contribution in [2.24, 2.45) is 0 Å². The second-order valence-electron chi connectivity index (χ2n) is 11.8. The lowest BCUT2D eigenvalue weighted by molar-refractivity contribution is -0.126. The van der Waals surface area contributed by atoms with Gasteiger partial charge in [-0.05, 0) is 89.9 Å². The summed E-state index contributed by atoms with van der Waals surface area (Å²) in [5, 5.41) is 0. The SMILES string of the molecule is C=CC(=O)N(CCC[Si](C)(C)O[Si](C)(C)CCCC)C(C)[Si](C)(C)O[Si](C)(C)CCCC. The standard InChI is InChI=1S/C24H55NO3Si4/c1-13-16-20-29(5,6)27-30(7,8)22-18-19-25(24(26)15-3)23(4)32(11,12)28-31(9,10)21-17-14-2/h15,23H,3,13-14,16-22H2,1-2,4-12H3. The fourth-order valence-electron chi connectivity index (χ4n) is 4.57. The van der Waals surface area contributed by atoms with Crippen molar-refractivity contribution in [1.82, 2.24) is 4.90 Å². The summed E-state index contributed by atoms with van der Waals surface area (Å²) >= 11 is 0. The van der Waals surface area contributed by atoms with Crippen LogP contribution in [0.5, 0.6) is 0 Å². The molecule has 4 nitrogen and oxygen atoms in total. The molecule has 0 aromatic carbocycles. The van der Waals surface area contributed by atoms with Crippen LogP contribution >= 0.6 is 0 Å². The van der Waals surface area contributed by atoms with E-state index in [-0.39, 0.29) is 11.6 Å². The molecule has 1 amide bonds. The van der Waals surface area contributed by atoms with Crippen molar-refractivity contribution in [1.29, 1.82) is 0 Å². The summed E-state index contributed by atoms with van der Waals surface area (Å²) in [6, 6.07) is 3.52. The highest BCUT2D eigenvalue weighted by molar-refractivity contribution is 6.86. The van der Waals surface area contributed by atoms with Gasteiger partial charge in [-0.1, -0.05) is 46.1 Å². The number of hydrogen-bond acceptors (Lipinski definition) is 3. The Morgan fingerprint density at radius 3 is 1.62 bits per heavy atom. The predicted molar refractivity (Wildman–Crippen MR) is 152 cm³/mol. The molecule has 0 radical (unpaired) electrons. The molecule has 0 heterocycles. The van der Waals surface area contributed by atoms with Crippen LogP contribution in [-0.4, -0.2) is 56.3 Å². The van der Waals surface area contributed by atoms with Gasteiger partial charge in [0, 0.05) is 12.2 Å². The molecule has 0 saturated heterocycles. The first-order valence-electron chi connectivity index (χ1n) is 12.9. The van der Waals surface area contributed by atoms with E-state index in [1.165, 1.54) is 43.8 Å². The van der Waals surface area contributed by atoms with Crippen molar-refractivity contribution in [3.8, 4) is 0 Å². The third-order valence-electron chi connectivity index (χ3n) is 6.47. The van der Waals surface area contributed by atoms with Crippen LogP contribution in [0.25, 0.3) is 0 Å². The topological polar surface area (TPSA) is 38.8 Å². The number of unbranched alkanes of at least 4 members (excludes halogenated alkanes) is 2. The van der Waals surface area contributed by atoms with Gasteiger partial charge in [0.15, 0.2) is 33.3 Å². The van der Waals surface area contributed by atoms with Crippen LogP contribution in [0.15, 0.2) is 12.7 Å². The molecule has 0 saturated carbocycles. The minimum Gasteiger partial charge on any atom is -0.455 e. The lowest BCUT2D eigenvalue weighted by Crippen LogP contribution is -2.59. The molecule has 1 unspecified atom stereocenters. The molecule has 32 heavy (non-hydrogen) atoms. The van der Waals surface area contributed by atoms with E-state index in [2.05, 4.69) is 79.7 Å². The van der Waals surface area contributed by atoms with Gasteiger partial charge in [0.1, 0.15) is 0 Å². The van der Waals surface area contributed by atoms with Gasteiger partial charge in [-0.15, -0.1) is 0 Å². The molecule has 0 aliphatic heterocycles. The molecule has 0 aromatic rings. The maximum Gasteiger partial charge on any atom is 0.246 e. The lowest BCUT2D eigenvalue weighted by Gasteiger charge is -2.43. The van der Waals surface area contributed by atoms with Gasteiger partial charge in [-0.2, -0.15) is 0 Å². The number of carbonyl (C=O) groups excluding carboxylic acids is 1. The van der Waals surface area contributed by atoms with Gasteiger partial charge >= 0.3 is 0 Å². The Labute approximate surface area is 205 Å². The molecule has 8 heteroatoms. The quantitative estimate of drug-likeness (QED) is 0.146. The summed E-state index contributed by atoms with van der Waals surface area (Å²) in [6.45, 7) is 29.9. The van der Waals surface area contributed by atoms with Crippen LogP contribution in [-0.2, 0) is 13.0 Å². The predicted octanol–water partition coefficient (Wildman–Crippen LogP) is 7.77. The Kier molecular flexibility index (Phi) is 13.8. The first-order valence-corrected chi connectivity index (χ1v) is 25.2. The smallest absolute Gasteiger partial charge is 0.246 e. The molecule has 0 rings (SSSR count). The highest BCUT2D eigenvalue weighted by atomic mass is 28.4. The summed E-state index contributed by atoms with van der Waals surface area (Å²) in [6.07, 6.45) is 7.39. The van der Waals surface area contributed by atoms with Crippen molar-refractivity contribution >= 4 is 39.2 Å². The summed E-state index contributed by atoms with van der Waals surface area (Å²) in [5.41, 5.74) is 0.127. The van der Waals surface area contributed by atoms with E-state index in [1.807, 2.05) is 4.90 Å². The van der Waals surface area contributed by atoms with Crippen molar-refractivity contribution in [2.75, 3.05) is 6.54 Å². The molecule has 0 aliphatic carbocycles. The van der Waals surface area contributed by atoms with Crippen LogP contribution < -0.4 is 0 Å². The molecule has 0 N–H and O–H groups in total. The number of hydrogen-bond donors (Lipinski definition) is 0. The summed E-state index contributed by atoms with van der Waals surface area (Å²) in [7, 11) is -7.15. The number of carbonyl (C=O) groups is 1. The van der Waals surface area contributed by atoms with Crippen LogP contribution in [0, 0.1) is 0 Å². The Balaban J connectivity index is 5.16. The lowest BCUT2D eigenvalue weighted by atomic mass is 10.4. The summed E-state index contributed by atoms with van der Waals surface area (Å²) in [4.78, 5) is 14.8. The Morgan fingerprint density at radius 1 is 0.812 bits per heavy atom. The van der Waals surface area contributed by atoms with Crippen LogP contribution in [0.4, 0.5) is 0 Å². The fourth-order valence-corrected chi connectivity index (χ4v) is 22.6. The van der Waals surface area contributed by atoms with Gasteiger partial charge in [-0.25, -0.2) is 0 Å². The molecule has 0 aliphatic rings. The molecule has 1 atom stereocenters. The molecule has 0 spiro atoms. The highest BCUT2D eigenvalue weighted by Gasteiger charge is 2.41. The molecule has 0 aromatic heterocycles. The Hall–Kier alpha value is -0.00247. The molecule has 0 bridgehead atoms. The number of rotatable bonds is 17. The van der Waals surface area contributed by atoms with Gasteiger partial charge in [0.2, 0.25) is 5.91 Å². The monoisotopic (exact) mass is 517 g/mol. The molecule has 190 valence electrons.